The summed E-state index contributed by atoms with van der Waals surface area (Å²) >= 11 is 0. The van der Waals surface area contributed by atoms with Gasteiger partial charge < -0.3 is 10.4 Å². The van der Waals surface area contributed by atoms with E-state index < -0.39 is 6.10 Å². The van der Waals surface area contributed by atoms with E-state index in [2.05, 4.69) is 48.4 Å². The Morgan fingerprint density at radius 3 is 2.29 bits per heavy atom. The van der Waals surface area contributed by atoms with Crippen LogP contribution in [0.2, 0.25) is 0 Å². The molecule has 21 heavy (non-hydrogen) atoms. The van der Waals surface area contributed by atoms with Crippen molar-refractivity contribution in [3.8, 4) is 0 Å². The van der Waals surface area contributed by atoms with Gasteiger partial charge in [-0.05, 0) is 35.6 Å². The molecule has 3 nitrogen and oxygen atoms in total. The van der Waals surface area contributed by atoms with Gasteiger partial charge in [-0.25, -0.2) is 0 Å². The Morgan fingerprint density at radius 2 is 1.67 bits per heavy atom. The molecule has 1 heterocycles. The molecule has 1 aromatic heterocycles. The first-order valence-electron chi connectivity index (χ1n) is 7.53. The summed E-state index contributed by atoms with van der Waals surface area (Å²) in [7, 11) is 0. The van der Waals surface area contributed by atoms with Gasteiger partial charge in [0.1, 0.15) is 0 Å². The number of aliphatic hydroxyl groups excluding tert-OH is 1. The molecule has 0 saturated carbocycles. The van der Waals surface area contributed by atoms with Gasteiger partial charge in [-0.3, -0.25) is 4.98 Å². The normalized spacial score (nSPS) is 14.1. The Balaban J connectivity index is 1.99. The van der Waals surface area contributed by atoms with Gasteiger partial charge >= 0.3 is 0 Å². The Morgan fingerprint density at radius 1 is 1.00 bits per heavy atom. The number of nitrogens with zero attached hydrogens (tertiary/aromatic N) is 1. The van der Waals surface area contributed by atoms with E-state index in [9.17, 15) is 5.11 Å². The smallest absolute Gasteiger partial charge is 0.0915 e. The first-order chi connectivity index (χ1) is 10.2. The van der Waals surface area contributed by atoms with Gasteiger partial charge in [0.15, 0.2) is 0 Å². The minimum absolute atomic E-state index is 0.266. The van der Waals surface area contributed by atoms with Crippen LogP contribution in [-0.4, -0.2) is 16.6 Å². The highest BCUT2D eigenvalue weighted by atomic mass is 16.3. The summed E-state index contributed by atoms with van der Waals surface area (Å²) in [5, 5.41) is 13.8. The van der Waals surface area contributed by atoms with Crippen LogP contribution in [0, 0.1) is 5.92 Å². The Hall–Kier alpha value is -1.71. The van der Waals surface area contributed by atoms with Crippen molar-refractivity contribution in [2.75, 3.05) is 6.54 Å². The summed E-state index contributed by atoms with van der Waals surface area (Å²) in [4.78, 5) is 3.98. The van der Waals surface area contributed by atoms with Crippen LogP contribution < -0.4 is 5.32 Å². The monoisotopic (exact) mass is 284 g/mol. The van der Waals surface area contributed by atoms with E-state index in [1.807, 2.05) is 18.2 Å². The van der Waals surface area contributed by atoms with E-state index in [1.165, 1.54) is 5.56 Å². The predicted octanol–water partition coefficient (Wildman–Crippen LogP) is 3.49. The second-order valence-corrected chi connectivity index (χ2v) is 5.80. The van der Waals surface area contributed by atoms with Crippen LogP contribution in [0.15, 0.2) is 54.9 Å². The molecule has 1 aromatic carbocycles. The molecule has 0 aliphatic rings. The zero-order valence-electron chi connectivity index (χ0n) is 12.7. The molecule has 3 heteroatoms. The van der Waals surface area contributed by atoms with Gasteiger partial charge in [0.2, 0.25) is 0 Å². The Kier molecular flexibility index (Phi) is 5.90. The summed E-state index contributed by atoms with van der Waals surface area (Å²) in [6, 6.07) is 14.4. The van der Waals surface area contributed by atoms with E-state index in [0.29, 0.717) is 12.5 Å². The number of nitrogens with one attached hydrogen (secondary N) is 1. The summed E-state index contributed by atoms with van der Waals surface area (Å²) in [5.41, 5.74) is 2.17. The maximum absolute atomic E-state index is 10.3. The topological polar surface area (TPSA) is 45.1 Å². The van der Waals surface area contributed by atoms with Crippen molar-refractivity contribution in [1.29, 1.82) is 0 Å². The molecule has 112 valence electrons. The lowest BCUT2D eigenvalue weighted by Crippen LogP contribution is -2.27. The second kappa shape index (κ2) is 7.91. The standard InChI is InChI=1S/C18H24N2O/c1-14(2)12-17(15-6-4-3-5-7-15)20-13-18(21)16-8-10-19-11-9-16/h3-11,14,17-18,20-21H,12-13H2,1-2H3. The van der Waals surface area contributed by atoms with E-state index in [1.54, 1.807) is 12.4 Å². The number of hydrogen-bond acceptors (Lipinski definition) is 3. The van der Waals surface area contributed by atoms with Crippen molar-refractivity contribution in [3.63, 3.8) is 0 Å². The molecule has 0 aliphatic carbocycles. The molecule has 0 spiro atoms. The first-order valence-corrected chi connectivity index (χ1v) is 7.53. The lowest BCUT2D eigenvalue weighted by molar-refractivity contribution is 0.167. The van der Waals surface area contributed by atoms with Crippen LogP contribution >= 0.6 is 0 Å². The fraction of sp³-hybridized carbons (Fsp3) is 0.389. The fourth-order valence-electron chi connectivity index (χ4n) is 2.45. The lowest BCUT2D eigenvalue weighted by Gasteiger charge is -2.23. The number of aliphatic hydroxyl groups is 1. The number of aromatic nitrogens is 1. The molecule has 0 amide bonds. The maximum atomic E-state index is 10.3. The largest absolute Gasteiger partial charge is 0.387 e. The highest BCUT2D eigenvalue weighted by molar-refractivity contribution is 5.19. The molecular weight excluding hydrogens is 260 g/mol. The van der Waals surface area contributed by atoms with Gasteiger partial charge in [-0.2, -0.15) is 0 Å². The third-order valence-corrected chi connectivity index (χ3v) is 3.56. The lowest BCUT2D eigenvalue weighted by atomic mass is 9.96. The molecule has 0 radical (unpaired) electrons. The number of rotatable bonds is 7. The summed E-state index contributed by atoms with van der Waals surface area (Å²) < 4.78 is 0. The van der Waals surface area contributed by atoms with Crippen molar-refractivity contribution in [1.82, 2.24) is 10.3 Å². The van der Waals surface area contributed by atoms with E-state index >= 15 is 0 Å². The molecular formula is C18H24N2O. The Bertz CT molecular complexity index is 513. The molecule has 2 aromatic rings. The van der Waals surface area contributed by atoms with Crippen LogP contribution in [0.5, 0.6) is 0 Å². The highest BCUT2D eigenvalue weighted by Crippen LogP contribution is 2.22. The maximum Gasteiger partial charge on any atom is 0.0915 e. The van der Waals surface area contributed by atoms with E-state index in [-0.39, 0.29) is 6.04 Å². The Labute approximate surface area is 127 Å². The summed E-state index contributed by atoms with van der Waals surface area (Å²) in [6.07, 6.45) is 3.96. The average Bonchev–Trinajstić information content (AvgIpc) is 2.52. The zero-order valence-corrected chi connectivity index (χ0v) is 12.7. The van der Waals surface area contributed by atoms with Crippen molar-refractivity contribution in [3.05, 3.63) is 66.0 Å². The summed E-state index contributed by atoms with van der Waals surface area (Å²) in [5.74, 6) is 0.598. The van der Waals surface area contributed by atoms with Gasteiger partial charge in [0.25, 0.3) is 0 Å². The third kappa shape index (κ3) is 4.96. The van der Waals surface area contributed by atoms with Crippen molar-refractivity contribution in [2.45, 2.75) is 32.4 Å². The van der Waals surface area contributed by atoms with Gasteiger partial charge in [0, 0.05) is 25.0 Å². The molecule has 2 atom stereocenters. The minimum Gasteiger partial charge on any atom is -0.387 e. The second-order valence-electron chi connectivity index (χ2n) is 5.80. The fourth-order valence-corrected chi connectivity index (χ4v) is 2.45. The average molecular weight is 284 g/mol. The van der Waals surface area contributed by atoms with Gasteiger partial charge in [-0.1, -0.05) is 44.2 Å². The molecule has 2 N–H and O–H groups in total. The molecule has 0 bridgehead atoms. The zero-order chi connectivity index (χ0) is 15.1. The summed E-state index contributed by atoms with van der Waals surface area (Å²) in [6.45, 7) is 4.98. The molecule has 0 fully saturated rings. The molecule has 2 rings (SSSR count). The van der Waals surface area contributed by atoms with Crippen LogP contribution in [0.25, 0.3) is 0 Å². The van der Waals surface area contributed by atoms with Crippen molar-refractivity contribution >= 4 is 0 Å². The third-order valence-electron chi connectivity index (χ3n) is 3.56. The number of benzene rings is 1. The van der Waals surface area contributed by atoms with Crippen LogP contribution in [0.1, 0.15) is 43.5 Å². The van der Waals surface area contributed by atoms with Crippen molar-refractivity contribution < 1.29 is 5.11 Å². The van der Waals surface area contributed by atoms with Crippen LogP contribution in [0.3, 0.4) is 0 Å². The first kappa shape index (κ1) is 15.7. The predicted molar refractivity (Wildman–Crippen MR) is 85.8 cm³/mol. The highest BCUT2D eigenvalue weighted by Gasteiger charge is 2.15. The molecule has 0 aliphatic heterocycles. The number of hydrogen-bond donors (Lipinski definition) is 2. The van der Waals surface area contributed by atoms with E-state index in [0.717, 1.165) is 12.0 Å². The number of pyridine rings is 1. The van der Waals surface area contributed by atoms with E-state index in [4.69, 9.17) is 0 Å². The van der Waals surface area contributed by atoms with Crippen molar-refractivity contribution in [2.24, 2.45) is 5.92 Å². The quantitative estimate of drug-likeness (QED) is 0.818. The minimum atomic E-state index is -0.508. The van der Waals surface area contributed by atoms with Gasteiger partial charge in [0.05, 0.1) is 6.10 Å². The molecule has 0 saturated heterocycles. The molecule has 2 unspecified atom stereocenters. The SMILES string of the molecule is CC(C)CC(NCC(O)c1ccncc1)c1ccccc1. The van der Waals surface area contributed by atoms with Gasteiger partial charge in [-0.15, -0.1) is 0 Å². The van der Waals surface area contributed by atoms with Crippen LogP contribution in [-0.2, 0) is 0 Å². The van der Waals surface area contributed by atoms with Crippen LogP contribution in [0.4, 0.5) is 0 Å².